The number of morpholine rings is 1. The van der Waals surface area contributed by atoms with E-state index in [1.165, 1.54) is 6.33 Å². The summed E-state index contributed by atoms with van der Waals surface area (Å²) in [7, 11) is 0. The summed E-state index contributed by atoms with van der Waals surface area (Å²) in [5.74, 6) is -1.36. The van der Waals surface area contributed by atoms with Crippen molar-refractivity contribution in [2.24, 2.45) is 0 Å². The Hall–Kier alpha value is -2.64. The van der Waals surface area contributed by atoms with E-state index in [1.807, 2.05) is 35.2 Å². The van der Waals surface area contributed by atoms with Crippen LogP contribution in [0.2, 0.25) is 0 Å². The van der Waals surface area contributed by atoms with Crippen LogP contribution >= 0.6 is 0 Å². The zero-order valence-corrected chi connectivity index (χ0v) is 14.6. The second kappa shape index (κ2) is 7.54. The summed E-state index contributed by atoms with van der Waals surface area (Å²) in [6.07, 6.45) is 1.11. The molecule has 1 aliphatic heterocycles. The Balaban J connectivity index is 1.67. The molecule has 2 atom stereocenters. The maximum atomic E-state index is 13.8. The molecular weight excluding hydrogens is 352 g/mol. The van der Waals surface area contributed by atoms with Gasteiger partial charge in [-0.15, -0.1) is 0 Å². The number of hydrogen-bond acceptors (Lipinski definition) is 5. The van der Waals surface area contributed by atoms with Crippen molar-refractivity contribution in [3.8, 4) is 0 Å². The number of aliphatic hydroxyl groups excluding tert-OH is 1. The zero-order valence-electron chi connectivity index (χ0n) is 14.6. The molecule has 0 aliphatic carbocycles. The van der Waals surface area contributed by atoms with E-state index in [1.54, 1.807) is 0 Å². The third kappa shape index (κ3) is 3.61. The van der Waals surface area contributed by atoms with E-state index in [2.05, 4.69) is 9.97 Å². The van der Waals surface area contributed by atoms with Crippen LogP contribution in [0, 0.1) is 11.6 Å². The molecule has 1 aliphatic rings. The van der Waals surface area contributed by atoms with Crippen LogP contribution < -0.4 is 4.90 Å². The van der Waals surface area contributed by atoms with E-state index in [9.17, 15) is 13.9 Å². The quantitative estimate of drug-likeness (QED) is 0.763. The number of fused-ring (bicyclic) bond motifs is 1. The average molecular weight is 371 g/mol. The van der Waals surface area contributed by atoms with Crippen molar-refractivity contribution in [1.82, 2.24) is 9.97 Å². The van der Waals surface area contributed by atoms with E-state index in [0.717, 1.165) is 17.7 Å². The molecule has 4 rings (SSSR count). The molecule has 3 aromatic rings. The number of aromatic nitrogens is 2. The highest BCUT2D eigenvalue weighted by Gasteiger charge is 2.28. The molecule has 2 aromatic carbocycles. The minimum absolute atomic E-state index is 0.153. The Labute approximate surface area is 155 Å². The summed E-state index contributed by atoms with van der Waals surface area (Å²) in [6, 6.07) is 11.4. The van der Waals surface area contributed by atoms with Gasteiger partial charge in [-0.3, -0.25) is 0 Å². The first-order valence-electron chi connectivity index (χ1n) is 8.80. The lowest BCUT2D eigenvalue weighted by atomic mass is 10.0. The van der Waals surface area contributed by atoms with Crippen molar-refractivity contribution < 1.29 is 18.6 Å². The Morgan fingerprint density at radius 3 is 2.74 bits per heavy atom. The molecule has 5 nitrogen and oxygen atoms in total. The minimum Gasteiger partial charge on any atom is -0.388 e. The molecule has 1 saturated heterocycles. The Morgan fingerprint density at radius 1 is 1.15 bits per heavy atom. The molecule has 140 valence electrons. The van der Waals surface area contributed by atoms with Gasteiger partial charge in [-0.1, -0.05) is 30.3 Å². The van der Waals surface area contributed by atoms with Crippen molar-refractivity contribution in [3.05, 3.63) is 66.0 Å². The van der Waals surface area contributed by atoms with E-state index in [4.69, 9.17) is 4.74 Å². The van der Waals surface area contributed by atoms with Gasteiger partial charge in [-0.2, -0.15) is 0 Å². The SMILES string of the molecule is O[C@@H](C[C@H]1COCCN1c1ncnc2cc(F)c(F)cc12)c1ccccc1. The summed E-state index contributed by atoms with van der Waals surface area (Å²) >= 11 is 0. The van der Waals surface area contributed by atoms with Crippen LogP contribution in [0.3, 0.4) is 0 Å². The van der Waals surface area contributed by atoms with E-state index in [0.29, 0.717) is 42.9 Å². The molecule has 0 unspecified atom stereocenters. The van der Waals surface area contributed by atoms with Gasteiger partial charge in [0.25, 0.3) is 0 Å². The lowest BCUT2D eigenvalue weighted by Crippen LogP contribution is -2.46. The maximum absolute atomic E-state index is 13.8. The first kappa shape index (κ1) is 17.8. The molecule has 0 saturated carbocycles. The van der Waals surface area contributed by atoms with Gasteiger partial charge in [0.15, 0.2) is 11.6 Å². The van der Waals surface area contributed by atoms with Crippen LogP contribution in [0.15, 0.2) is 48.8 Å². The topological polar surface area (TPSA) is 58.5 Å². The first-order chi connectivity index (χ1) is 13.1. The van der Waals surface area contributed by atoms with Gasteiger partial charge >= 0.3 is 0 Å². The second-order valence-corrected chi connectivity index (χ2v) is 6.57. The van der Waals surface area contributed by atoms with E-state index < -0.39 is 17.7 Å². The normalized spacial score (nSPS) is 18.6. The van der Waals surface area contributed by atoms with Crippen LogP contribution in [0.25, 0.3) is 10.9 Å². The van der Waals surface area contributed by atoms with Crippen molar-refractivity contribution in [2.45, 2.75) is 18.6 Å². The molecule has 0 radical (unpaired) electrons. The summed E-state index contributed by atoms with van der Waals surface area (Å²) in [4.78, 5) is 10.4. The smallest absolute Gasteiger partial charge is 0.161 e. The third-order valence-corrected chi connectivity index (χ3v) is 4.84. The van der Waals surface area contributed by atoms with Gasteiger partial charge in [0, 0.05) is 24.4 Å². The van der Waals surface area contributed by atoms with Crippen molar-refractivity contribution >= 4 is 16.7 Å². The third-order valence-electron chi connectivity index (χ3n) is 4.84. The number of halogens is 2. The number of ether oxygens (including phenoxy) is 1. The maximum Gasteiger partial charge on any atom is 0.161 e. The Morgan fingerprint density at radius 2 is 1.93 bits per heavy atom. The molecule has 1 fully saturated rings. The number of aliphatic hydroxyl groups is 1. The van der Waals surface area contributed by atoms with Gasteiger partial charge in [0.05, 0.1) is 30.9 Å². The van der Waals surface area contributed by atoms with Gasteiger partial charge in [0.1, 0.15) is 12.1 Å². The van der Waals surface area contributed by atoms with Crippen LogP contribution in [-0.4, -0.2) is 40.9 Å². The lowest BCUT2D eigenvalue weighted by Gasteiger charge is -2.38. The first-order valence-corrected chi connectivity index (χ1v) is 8.80. The monoisotopic (exact) mass is 371 g/mol. The Kier molecular flexibility index (Phi) is 4.96. The van der Waals surface area contributed by atoms with E-state index in [-0.39, 0.29) is 6.04 Å². The standard InChI is InChI=1S/C20H19F2N3O2/c21-16-9-15-18(10-17(16)22)23-12-24-20(15)25-6-7-27-11-14(25)8-19(26)13-4-2-1-3-5-13/h1-5,9-10,12,14,19,26H,6-8,11H2/t14-,19-/m0/s1. The zero-order chi connectivity index (χ0) is 18.8. The fourth-order valence-corrected chi connectivity index (χ4v) is 3.46. The largest absolute Gasteiger partial charge is 0.388 e. The van der Waals surface area contributed by atoms with Gasteiger partial charge < -0.3 is 14.7 Å². The second-order valence-electron chi connectivity index (χ2n) is 6.57. The molecule has 0 spiro atoms. The molecule has 1 aromatic heterocycles. The molecule has 7 heteroatoms. The summed E-state index contributed by atoms with van der Waals surface area (Å²) in [6.45, 7) is 1.45. The average Bonchev–Trinajstić information content (AvgIpc) is 2.70. The van der Waals surface area contributed by atoms with Crippen LogP contribution in [0.1, 0.15) is 18.1 Å². The van der Waals surface area contributed by atoms with Gasteiger partial charge in [0.2, 0.25) is 0 Å². The molecule has 0 amide bonds. The summed E-state index contributed by atoms with van der Waals surface area (Å²) in [5.41, 5.74) is 1.16. The molecule has 2 heterocycles. The minimum atomic E-state index is -0.940. The lowest BCUT2D eigenvalue weighted by molar-refractivity contribution is 0.0677. The fraction of sp³-hybridized carbons (Fsp3) is 0.300. The predicted molar refractivity (Wildman–Crippen MR) is 97.4 cm³/mol. The van der Waals surface area contributed by atoms with Crippen molar-refractivity contribution in [2.75, 3.05) is 24.7 Å². The van der Waals surface area contributed by atoms with Gasteiger partial charge in [-0.25, -0.2) is 18.7 Å². The van der Waals surface area contributed by atoms with Gasteiger partial charge in [-0.05, 0) is 11.6 Å². The highest BCUT2D eigenvalue weighted by Crippen LogP contribution is 2.30. The highest BCUT2D eigenvalue weighted by molar-refractivity contribution is 5.89. The summed E-state index contributed by atoms with van der Waals surface area (Å²) in [5, 5.41) is 11.0. The van der Waals surface area contributed by atoms with Crippen LogP contribution in [0.5, 0.6) is 0 Å². The molecular formula is C20H19F2N3O2. The van der Waals surface area contributed by atoms with Crippen molar-refractivity contribution in [3.63, 3.8) is 0 Å². The molecule has 27 heavy (non-hydrogen) atoms. The van der Waals surface area contributed by atoms with E-state index >= 15 is 0 Å². The highest BCUT2D eigenvalue weighted by atomic mass is 19.2. The Bertz CT molecular complexity index is 939. The van der Waals surface area contributed by atoms with Crippen molar-refractivity contribution in [1.29, 1.82) is 0 Å². The van der Waals surface area contributed by atoms with Crippen LogP contribution in [0.4, 0.5) is 14.6 Å². The number of anilines is 1. The molecule has 1 N–H and O–H groups in total. The number of rotatable bonds is 4. The molecule has 0 bridgehead atoms. The van der Waals surface area contributed by atoms with Crippen LogP contribution in [-0.2, 0) is 4.74 Å². The number of nitrogens with zero attached hydrogens (tertiary/aromatic N) is 3. The number of hydrogen-bond donors (Lipinski definition) is 1. The summed E-state index contributed by atoms with van der Waals surface area (Å²) < 4.78 is 33.0. The predicted octanol–water partition coefficient (Wildman–Crippen LogP) is 3.24. The fourth-order valence-electron chi connectivity index (χ4n) is 3.46. The number of benzene rings is 2.